The van der Waals surface area contributed by atoms with Gasteiger partial charge in [0.1, 0.15) is 12.4 Å². The maximum Gasteiger partial charge on any atom is 0.437 e. The molecule has 2 fully saturated rings. The molecule has 0 aliphatic carbocycles. The van der Waals surface area contributed by atoms with Gasteiger partial charge in [-0.2, -0.15) is 0 Å². The Hall–Kier alpha value is -3.80. The number of anilines is 1. The number of halogens is 1. The van der Waals surface area contributed by atoms with Gasteiger partial charge in [0.15, 0.2) is 5.96 Å². The lowest BCUT2D eigenvalue weighted by molar-refractivity contribution is -0.140. The summed E-state index contributed by atoms with van der Waals surface area (Å²) < 4.78 is 25.2. The Balaban J connectivity index is 1.36. The highest BCUT2D eigenvalue weighted by atomic mass is 19.1. The van der Waals surface area contributed by atoms with E-state index in [1.54, 1.807) is 24.5 Å². The molecule has 12 heteroatoms. The Labute approximate surface area is 201 Å². The number of morpholine rings is 1. The van der Waals surface area contributed by atoms with Crippen molar-refractivity contribution in [3.63, 3.8) is 0 Å². The van der Waals surface area contributed by atoms with Gasteiger partial charge in [0.2, 0.25) is 11.9 Å². The fraction of sp³-hybridized carbons (Fsp3) is 0.435. The van der Waals surface area contributed by atoms with E-state index in [-0.39, 0.29) is 29.6 Å². The van der Waals surface area contributed by atoms with E-state index in [2.05, 4.69) is 15.0 Å². The van der Waals surface area contributed by atoms with Crippen molar-refractivity contribution in [3.8, 4) is 11.1 Å². The maximum atomic E-state index is 15.0. The van der Waals surface area contributed by atoms with E-state index in [0.717, 1.165) is 12.8 Å². The molecular formula is C23H28FN7O4. The van der Waals surface area contributed by atoms with Crippen LogP contribution in [0.15, 0.2) is 35.6 Å². The number of piperidine rings is 1. The molecule has 186 valence electrons. The highest BCUT2D eigenvalue weighted by Gasteiger charge is 2.30. The average Bonchev–Trinajstić information content (AvgIpc) is 2.88. The standard InChI is InChI=1S/C23H28FN7O4/c24-19-16(14-35-23(33)29-21(25)26)2-1-3-18(19)17-12-27-22(28-13-17)31-6-4-15(5-7-31)20(32)30-8-10-34-11-9-30/h1-3,12-13,15H,4-11,14H2,(H4,25,26,29,33). The Bertz CT molecular complexity index is 1080. The number of hydrogen-bond donors (Lipinski definition) is 2. The lowest BCUT2D eigenvalue weighted by Gasteiger charge is -2.35. The van der Waals surface area contributed by atoms with Gasteiger partial charge in [-0.05, 0) is 12.8 Å². The predicted octanol–water partition coefficient (Wildman–Crippen LogP) is 1.27. The molecule has 4 rings (SSSR count). The number of nitrogens with two attached hydrogens (primary N) is 2. The summed E-state index contributed by atoms with van der Waals surface area (Å²) in [5.41, 5.74) is 11.2. The largest absolute Gasteiger partial charge is 0.443 e. The maximum absolute atomic E-state index is 15.0. The van der Waals surface area contributed by atoms with Crippen molar-refractivity contribution in [2.75, 3.05) is 44.3 Å². The molecule has 35 heavy (non-hydrogen) atoms. The third kappa shape index (κ3) is 6.01. The second-order valence-electron chi connectivity index (χ2n) is 8.34. The Kier molecular flexibility index (Phi) is 7.70. The first kappa shape index (κ1) is 24.3. The number of rotatable bonds is 5. The first-order valence-electron chi connectivity index (χ1n) is 11.4. The van der Waals surface area contributed by atoms with Crippen LogP contribution in [0.5, 0.6) is 0 Å². The Morgan fingerprint density at radius 1 is 1.11 bits per heavy atom. The minimum absolute atomic E-state index is 0.00143. The van der Waals surface area contributed by atoms with Gasteiger partial charge in [0.25, 0.3) is 0 Å². The third-order valence-electron chi connectivity index (χ3n) is 6.05. The molecule has 2 aromatic rings. The lowest BCUT2D eigenvalue weighted by Crippen LogP contribution is -2.47. The number of nitrogens with zero attached hydrogens (tertiary/aromatic N) is 5. The van der Waals surface area contributed by atoms with Gasteiger partial charge < -0.3 is 30.7 Å². The monoisotopic (exact) mass is 485 g/mol. The Morgan fingerprint density at radius 2 is 1.80 bits per heavy atom. The van der Waals surface area contributed by atoms with Crippen LogP contribution < -0.4 is 16.4 Å². The number of benzene rings is 1. The van der Waals surface area contributed by atoms with Crippen LogP contribution in [0.4, 0.5) is 15.1 Å². The van der Waals surface area contributed by atoms with E-state index in [4.69, 9.17) is 20.9 Å². The molecule has 0 spiro atoms. The molecule has 2 aliphatic rings. The second kappa shape index (κ2) is 11.1. The molecule has 1 aromatic heterocycles. The minimum atomic E-state index is -1.00. The summed E-state index contributed by atoms with van der Waals surface area (Å²) >= 11 is 0. The molecule has 2 amide bonds. The summed E-state index contributed by atoms with van der Waals surface area (Å²) in [5, 5.41) is 0. The van der Waals surface area contributed by atoms with Crippen molar-refractivity contribution in [2.45, 2.75) is 19.4 Å². The topological polar surface area (TPSA) is 149 Å². The van der Waals surface area contributed by atoms with Gasteiger partial charge in [-0.15, -0.1) is 4.99 Å². The van der Waals surface area contributed by atoms with Crippen molar-refractivity contribution < 1.29 is 23.5 Å². The number of carbonyl (C=O) groups is 2. The minimum Gasteiger partial charge on any atom is -0.443 e. The second-order valence-corrected chi connectivity index (χ2v) is 8.34. The molecule has 0 unspecified atom stereocenters. The molecule has 0 atom stereocenters. The first-order chi connectivity index (χ1) is 16.9. The van der Waals surface area contributed by atoms with Gasteiger partial charge in [-0.25, -0.2) is 19.2 Å². The van der Waals surface area contributed by atoms with E-state index in [9.17, 15) is 9.59 Å². The molecule has 4 N–H and O–H groups in total. The summed E-state index contributed by atoms with van der Waals surface area (Å²) in [5.74, 6) is -0.253. The number of carbonyl (C=O) groups excluding carboxylic acids is 2. The molecule has 2 saturated heterocycles. The van der Waals surface area contributed by atoms with E-state index < -0.39 is 17.9 Å². The summed E-state index contributed by atoms with van der Waals surface area (Å²) in [7, 11) is 0. The molecule has 0 bridgehead atoms. The fourth-order valence-corrected chi connectivity index (χ4v) is 4.18. The third-order valence-corrected chi connectivity index (χ3v) is 6.05. The van der Waals surface area contributed by atoms with Gasteiger partial charge in [-0.1, -0.05) is 18.2 Å². The molecule has 1 aromatic carbocycles. The van der Waals surface area contributed by atoms with Crippen molar-refractivity contribution >= 4 is 23.9 Å². The smallest absolute Gasteiger partial charge is 0.437 e. The van der Waals surface area contributed by atoms with Crippen LogP contribution in [0.1, 0.15) is 18.4 Å². The Morgan fingerprint density at radius 3 is 2.46 bits per heavy atom. The normalized spacial score (nSPS) is 16.6. The van der Waals surface area contributed by atoms with Gasteiger partial charge in [0, 0.05) is 61.2 Å². The number of hydrogen-bond acceptors (Lipinski definition) is 7. The van der Waals surface area contributed by atoms with Crippen molar-refractivity contribution in [3.05, 3.63) is 42.0 Å². The van der Waals surface area contributed by atoms with Crippen LogP contribution in [0.25, 0.3) is 11.1 Å². The molecule has 0 saturated carbocycles. The van der Waals surface area contributed by atoms with Crippen LogP contribution >= 0.6 is 0 Å². The number of guanidine groups is 1. The fourth-order valence-electron chi connectivity index (χ4n) is 4.18. The van der Waals surface area contributed by atoms with Crippen LogP contribution in [0.2, 0.25) is 0 Å². The van der Waals surface area contributed by atoms with Crippen molar-refractivity contribution in [2.24, 2.45) is 22.4 Å². The highest BCUT2D eigenvalue weighted by molar-refractivity contribution is 5.87. The number of aliphatic imine (C=N–C) groups is 1. The first-order valence-corrected chi connectivity index (χ1v) is 11.4. The zero-order valence-corrected chi connectivity index (χ0v) is 19.2. The van der Waals surface area contributed by atoms with Crippen molar-refractivity contribution in [1.29, 1.82) is 0 Å². The lowest BCUT2D eigenvalue weighted by atomic mass is 9.95. The van der Waals surface area contributed by atoms with Crippen LogP contribution in [-0.2, 0) is 20.9 Å². The van der Waals surface area contributed by atoms with E-state index in [1.807, 2.05) is 9.80 Å². The van der Waals surface area contributed by atoms with E-state index >= 15 is 4.39 Å². The van der Waals surface area contributed by atoms with Crippen molar-refractivity contribution in [1.82, 2.24) is 14.9 Å². The van der Waals surface area contributed by atoms with Gasteiger partial charge >= 0.3 is 6.09 Å². The molecule has 2 aliphatic heterocycles. The average molecular weight is 486 g/mol. The quantitative estimate of drug-likeness (QED) is 0.471. The molecular weight excluding hydrogens is 457 g/mol. The summed E-state index contributed by atoms with van der Waals surface area (Å²) in [6.07, 6.45) is 3.58. The number of ether oxygens (including phenoxy) is 2. The van der Waals surface area contributed by atoms with Gasteiger partial charge in [-0.3, -0.25) is 4.79 Å². The summed E-state index contributed by atoms with van der Waals surface area (Å²) in [6.45, 7) is 3.51. The van der Waals surface area contributed by atoms with E-state index in [0.29, 0.717) is 50.9 Å². The molecule has 0 radical (unpaired) electrons. The summed E-state index contributed by atoms with van der Waals surface area (Å²) in [6, 6.07) is 4.74. The van der Waals surface area contributed by atoms with Crippen LogP contribution in [0, 0.1) is 11.7 Å². The number of aromatic nitrogens is 2. The zero-order valence-electron chi connectivity index (χ0n) is 19.2. The van der Waals surface area contributed by atoms with Gasteiger partial charge in [0.05, 0.1) is 13.2 Å². The molecule has 3 heterocycles. The number of amides is 2. The van der Waals surface area contributed by atoms with Crippen LogP contribution in [-0.4, -0.2) is 72.2 Å². The highest BCUT2D eigenvalue weighted by Crippen LogP contribution is 2.27. The zero-order chi connectivity index (χ0) is 24.8. The predicted molar refractivity (Wildman–Crippen MR) is 126 cm³/mol. The van der Waals surface area contributed by atoms with Crippen LogP contribution in [0.3, 0.4) is 0 Å². The SMILES string of the molecule is NC(N)=NC(=O)OCc1cccc(-c2cnc(N3CCC(C(=O)N4CCOCC4)CC3)nc2)c1F. The van der Waals surface area contributed by atoms with E-state index in [1.165, 1.54) is 6.07 Å². The molecule has 11 nitrogen and oxygen atoms in total. The summed E-state index contributed by atoms with van der Waals surface area (Å²) in [4.78, 5) is 40.2.